The van der Waals surface area contributed by atoms with Crippen molar-refractivity contribution in [1.82, 2.24) is 5.32 Å². The molecule has 0 aromatic heterocycles. The van der Waals surface area contributed by atoms with Crippen LogP contribution in [0.25, 0.3) is 0 Å². The maximum absolute atomic E-state index is 5.54. The lowest BCUT2D eigenvalue weighted by atomic mass is 9.83. The van der Waals surface area contributed by atoms with Crippen LogP contribution in [0, 0.1) is 5.92 Å². The van der Waals surface area contributed by atoms with Crippen LogP contribution in [-0.4, -0.2) is 23.1 Å². The van der Waals surface area contributed by atoms with Crippen LogP contribution in [-0.2, 0) is 0 Å². The summed E-state index contributed by atoms with van der Waals surface area (Å²) in [5, 5.41) is 3.17. The molecule has 0 aliphatic heterocycles. The van der Waals surface area contributed by atoms with Gasteiger partial charge in [-0.25, -0.2) is 0 Å². The van der Waals surface area contributed by atoms with Gasteiger partial charge in [0.15, 0.2) is 0 Å². The molecule has 4 heteroatoms. The molecule has 1 rings (SSSR count). The summed E-state index contributed by atoms with van der Waals surface area (Å²) in [6.45, 7) is 4.28. The molecule has 0 heterocycles. The molecular formula is C13H20N2S2. The third-order valence-corrected chi connectivity index (χ3v) is 4.11. The summed E-state index contributed by atoms with van der Waals surface area (Å²) < 4.78 is 0. The summed E-state index contributed by atoms with van der Waals surface area (Å²) in [5.41, 5.74) is 2.29. The van der Waals surface area contributed by atoms with Crippen LogP contribution in [0.2, 0.25) is 0 Å². The molecule has 2 nitrogen and oxygen atoms in total. The number of nitrogens with one attached hydrogen (secondary N) is 1. The third kappa shape index (κ3) is 3.68. The van der Waals surface area contributed by atoms with Gasteiger partial charge in [0, 0.05) is 34.8 Å². The summed E-state index contributed by atoms with van der Waals surface area (Å²) in [4.78, 5) is 6.01. The molecule has 17 heavy (non-hydrogen) atoms. The van der Waals surface area contributed by atoms with Crippen LogP contribution in [0.4, 0.5) is 0 Å². The summed E-state index contributed by atoms with van der Waals surface area (Å²) in [5.74, 6) is 0.323. The van der Waals surface area contributed by atoms with Gasteiger partial charge in [-0.3, -0.25) is 4.99 Å². The van der Waals surface area contributed by atoms with Gasteiger partial charge in [0.2, 0.25) is 0 Å². The Balaban J connectivity index is 2.82. The molecule has 1 aliphatic carbocycles. The summed E-state index contributed by atoms with van der Waals surface area (Å²) in [6, 6.07) is 0. The standard InChI is InChI=1S/C13H20N2S2/c1-4-5-6-10-12(16)7-11(15-8-14-3)9(2)13(10)17/h8,10H,4-7H2,1-3H3,(H,14,15). The van der Waals surface area contributed by atoms with E-state index in [2.05, 4.69) is 24.2 Å². The number of unbranched alkanes of at least 4 members (excludes halogenated alkanes) is 1. The van der Waals surface area contributed by atoms with E-state index in [9.17, 15) is 0 Å². The minimum Gasteiger partial charge on any atom is -0.350 e. The number of hydrogen-bond donors (Lipinski definition) is 1. The van der Waals surface area contributed by atoms with Crippen LogP contribution >= 0.6 is 24.4 Å². The fraction of sp³-hybridized carbons (Fsp3) is 0.615. The van der Waals surface area contributed by atoms with Gasteiger partial charge in [0.05, 0.1) is 6.34 Å². The van der Waals surface area contributed by atoms with E-state index in [1.165, 1.54) is 18.4 Å². The van der Waals surface area contributed by atoms with Crippen LogP contribution < -0.4 is 5.32 Å². The predicted octanol–water partition coefficient (Wildman–Crippen LogP) is 3.46. The maximum Gasteiger partial charge on any atom is 0.0862 e. The largest absolute Gasteiger partial charge is 0.350 e. The number of allylic oxidation sites excluding steroid dienone is 2. The average molecular weight is 268 g/mol. The van der Waals surface area contributed by atoms with Gasteiger partial charge in [-0.15, -0.1) is 0 Å². The van der Waals surface area contributed by atoms with Crippen molar-refractivity contribution in [1.29, 1.82) is 0 Å². The number of aliphatic imine (C=N–C) groups is 1. The van der Waals surface area contributed by atoms with E-state index in [-0.39, 0.29) is 0 Å². The SMILES string of the molecule is CCCCC1C(=S)CC(NC=NC)=C(C)C1=S. The molecule has 0 bridgehead atoms. The smallest absolute Gasteiger partial charge is 0.0862 e. The van der Waals surface area contributed by atoms with E-state index >= 15 is 0 Å². The van der Waals surface area contributed by atoms with Gasteiger partial charge in [-0.05, 0) is 18.9 Å². The number of rotatable bonds is 5. The van der Waals surface area contributed by atoms with Gasteiger partial charge in [0.25, 0.3) is 0 Å². The Hall–Kier alpha value is -0.610. The Bertz CT molecular complexity index is 370. The topological polar surface area (TPSA) is 24.4 Å². The van der Waals surface area contributed by atoms with Gasteiger partial charge < -0.3 is 5.32 Å². The van der Waals surface area contributed by atoms with Crippen molar-refractivity contribution in [3.63, 3.8) is 0 Å². The van der Waals surface area contributed by atoms with E-state index in [0.717, 1.165) is 28.3 Å². The molecule has 0 spiro atoms. The molecule has 0 aromatic rings. The molecule has 0 amide bonds. The van der Waals surface area contributed by atoms with E-state index in [1.54, 1.807) is 13.4 Å². The van der Waals surface area contributed by atoms with Crippen molar-refractivity contribution in [3.8, 4) is 0 Å². The lowest BCUT2D eigenvalue weighted by molar-refractivity contribution is 0.683. The van der Waals surface area contributed by atoms with Crippen molar-refractivity contribution in [2.45, 2.75) is 39.5 Å². The first-order valence-corrected chi connectivity index (χ1v) is 6.87. The first kappa shape index (κ1) is 14.5. The molecule has 1 unspecified atom stereocenters. The van der Waals surface area contributed by atoms with Crippen molar-refractivity contribution in [2.75, 3.05) is 7.05 Å². The first-order valence-electron chi connectivity index (χ1n) is 6.05. The third-order valence-electron chi connectivity index (χ3n) is 3.09. The Morgan fingerprint density at radius 3 is 2.76 bits per heavy atom. The highest BCUT2D eigenvalue weighted by Gasteiger charge is 2.27. The van der Waals surface area contributed by atoms with E-state index < -0.39 is 0 Å². The quantitative estimate of drug-likeness (QED) is 0.469. The zero-order valence-electron chi connectivity index (χ0n) is 10.7. The van der Waals surface area contributed by atoms with E-state index in [4.69, 9.17) is 24.4 Å². The number of thiocarbonyl (C=S) groups is 2. The van der Waals surface area contributed by atoms with Crippen molar-refractivity contribution < 1.29 is 0 Å². The average Bonchev–Trinajstić information content (AvgIpc) is 2.32. The minimum atomic E-state index is 0.323. The molecule has 1 N–H and O–H groups in total. The normalized spacial score (nSPS) is 21.5. The molecule has 1 aliphatic rings. The summed E-state index contributed by atoms with van der Waals surface area (Å²) in [6.07, 6.45) is 5.99. The molecular weight excluding hydrogens is 248 g/mol. The Morgan fingerprint density at radius 1 is 1.47 bits per heavy atom. The van der Waals surface area contributed by atoms with E-state index in [1.807, 2.05) is 0 Å². The van der Waals surface area contributed by atoms with Crippen molar-refractivity contribution in [2.24, 2.45) is 10.9 Å². The first-order chi connectivity index (χ1) is 8.11. The predicted molar refractivity (Wildman–Crippen MR) is 83.1 cm³/mol. The molecule has 94 valence electrons. The second kappa shape index (κ2) is 6.97. The Labute approximate surface area is 115 Å². The monoisotopic (exact) mass is 268 g/mol. The van der Waals surface area contributed by atoms with Crippen molar-refractivity contribution in [3.05, 3.63) is 11.3 Å². The molecule has 0 radical (unpaired) electrons. The van der Waals surface area contributed by atoms with Gasteiger partial charge in [-0.1, -0.05) is 44.2 Å². The maximum atomic E-state index is 5.54. The molecule has 0 aromatic carbocycles. The lowest BCUT2D eigenvalue weighted by Crippen LogP contribution is -2.32. The zero-order valence-corrected chi connectivity index (χ0v) is 12.4. The summed E-state index contributed by atoms with van der Waals surface area (Å²) >= 11 is 11.0. The van der Waals surface area contributed by atoms with Crippen molar-refractivity contribution >= 4 is 40.5 Å². The van der Waals surface area contributed by atoms with Gasteiger partial charge >= 0.3 is 0 Å². The highest BCUT2D eigenvalue weighted by atomic mass is 32.1. The Kier molecular flexibility index (Phi) is 5.92. The minimum absolute atomic E-state index is 0.323. The van der Waals surface area contributed by atoms with Crippen LogP contribution in [0.15, 0.2) is 16.3 Å². The number of nitrogens with zero attached hydrogens (tertiary/aromatic N) is 1. The van der Waals surface area contributed by atoms with Gasteiger partial charge in [-0.2, -0.15) is 0 Å². The molecule has 0 saturated carbocycles. The van der Waals surface area contributed by atoms with Crippen LogP contribution in [0.5, 0.6) is 0 Å². The fourth-order valence-corrected chi connectivity index (χ4v) is 2.83. The number of hydrogen-bond acceptors (Lipinski definition) is 3. The van der Waals surface area contributed by atoms with Crippen LogP contribution in [0.1, 0.15) is 39.5 Å². The fourth-order valence-electron chi connectivity index (χ4n) is 1.99. The lowest BCUT2D eigenvalue weighted by Gasteiger charge is -2.27. The van der Waals surface area contributed by atoms with Gasteiger partial charge in [0.1, 0.15) is 0 Å². The van der Waals surface area contributed by atoms with Crippen LogP contribution in [0.3, 0.4) is 0 Å². The zero-order chi connectivity index (χ0) is 12.8. The van der Waals surface area contributed by atoms with E-state index in [0.29, 0.717) is 5.92 Å². The Morgan fingerprint density at radius 2 is 2.18 bits per heavy atom. The second-order valence-corrected chi connectivity index (χ2v) is 5.30. The highest BCUT2D eigenvalue weighted by molar-refractivity contribution is 7.82. The summed E-state index contributed by atoms with van der Waals surface area (Å²) in [7, 11) is 1.74. The second-order valence-electron chi connectivity index (χ2n) is 4.34. The highest BCUT2D eigenvalue weighted by Crippen LogP contribution is 2.28. The molecule has 0 fully saturated rings. The molecule has 1 atom stereocenters. The molecule has 0 saturated heterocycles.